The van der Waals surface area contributed by atoms with Crippen LogP contribution in [0.4, 0.5) is 0 Å². The molecule has 8 nitrogen and oxygen atoms in total. The molecule has 2 aliphatic rings. The Bertz CT molecular complexity index is 788. The molecule has 2 rings (SSSR count). The van der Waals surface area contributed by atoms with E-state index >= 15 is 0 Å². The van der Waals surface area contributed by atoms with E-state index in [1.165, 1.54) is 0 Å². The molecular formula is C22H30N4O4. The molecule has 0 amide bonds. The normalized spacial score (nSPS) is 24.7. The molecule has 0 radical (unpaired) electrons. The first-order chi connectivity index (χ1) is 13.8. The molecule has 2 atom stereocenters. The predicted molar refractivity (Wildman–Crippen MR) is 109 cm³/mol. The number of hydrogen-bond acceptors (Lipinski definition) is 8. The molecular weight excluding hydrogens is 384 g/mol. The maximum absolute atomic E-state index is 12.3. The molecule has 2 saturated heterocycles. The van der Waals surface area contributed by atoms with Crippen molar-refractivity contribution in [2.75, 3.05) is 0 Å². The van der Waals surface area contributed by atoms with E-state index < -0.39 is 23.1 Å². The number of nitrogens with one attached hydrogen (secondary N) is 2. The SMILES string of the molecule is CC(C)(C)OC(=O)/C(C#N)=C1\CCC(C2CC/C(=C(/C#N)C(=O)OC(C)(C)C)N2)N1. The van der Waals surface area contributed by atoms with Gasteiger partial charge in [0.15, 0.2) is 11.1 Å². The second-order valence-corrected chi connectivity index (χ2v) is 9.51. The molecule has 0 saturated carbocycles. The van der Waals surface area contributed by atoms with Crippen molar-refractivity contribution in [3.63, 3.8) is 0 Å². The van der Waals surface area contributed by atoms with Crippen LogP contribution in [0.15, 0.2) is 22.5 Å². The highest BCUT2D eigenvalue weighted by molar-refractivity contribution is 5.94. The summed E-state index contributed by atoms with van der Waals surface area (Å²) in [6.07, 6.45) is 2.56. The summed E-state index contributed by atoms with van der Waals surface area (Å²) in [7, 11) is 0. The standard InChI is InChI=1S/C22H30N4O4/c1-21(2,3)29-19(27)13(11-23)15-7-9-17(25-15)18-10-8-16(26-18)14(12-24)20(28)30-22(4,5)6/h17-18,25-26H,7-10H2,1-6H3/b15-13+,16-14+. The van der Waals surface area contributed by atoms with Crippen molar-refractivity contribution in [1.29, 1.82) is 10.5 Å². The van der Waals surface area contributed by atoms with Crippen LogP contribution in [-0.2, 0) is 19.1 Å². The molecule has 0 aliphatic carbocycles. The summed E-state index contributed by atoms with van der Waals surface area (Å²) in [5.74, 6) is -1.27. The highest BCUT2D eigenvalue weighted by atomic mass is 16.6. The highest BCUT2D eigenvalue weighted by Crippen LogP contribution is 2.29. The third kappa shape index (κ3) is 6.00. The fourth-order valence-corrected chi connectivity index (χ4v) is 3.46. The maximum Gasteiger partial charge on any atom is 0.351 e. The Morgan fingerprint density at radius 1 is 0.800 bits per heavy atom. The molecule has 0 spiro atoms. The average molecular weight is 415 g/mol. The first kappa shape index (κ1) is 23.3. The predicted octanol–water partition coefficient (Wildman–Crippen LogP) is 2.73. The maximum atomic E-state index is 12.3. The summed E-state index contributed by atoms with van der Waals surface area (Å²) in [5.41, 5.74) is -0.229. The molecule has 30 heavy (non-hydrogen) atoms. The smallest absolute Gasteiger partial charge is 0.351 e. The highest BCUT2D eigenvalue weighted by Gasteiger charge is 2.35. The number of hydrogen-bond donors (Lipinski definition) is 2. The van der Waals surface area contributed by atoms with Crippen LogP contribution in [0.5, 0.6) is 0 Å². The molecule has 8 heteroatoms. The van der Waals surface area contributed by atoms with Gasteiger partial charge in [0.2, 0.25) is 0 Å². The molecule has 0 aromatic rings. The summed E-state index contributed by atoms with van der Waals surface area (Å²) in [4.78, 5) is 24.6. The van der Waals surface area contributed by atoms with E-state index in [-0.39, 0.29) is 23.2 Å². The van der Waals surface area contributed by atoms with Crippen LogP contribution in [0.1, 0.15) is 67.2 Å². The van der Waals surface area contributed by atoms with E-state index in [2.05, 4.69) is 10.6 Å². The summed E-state index contributed by atoms with van der Waals surface area (Å²) >= 11 is 0. The van der Waals surface area contributed by atoms with Gasteiger partial charge in [-0.25, -0.2) is 9.59 Å². The molecule has 162 valence electrons. The molecule has 0 bridgehead atoms. The summed E-state index contributed by atoms with van der Waals surface area (Å²) in [5, 5.41) is 25.4. The van der Waals surface area contributed by atoms with Gasteiger partial charge < -0.3 is 20.1 Å². The lowest BCUT2D eigenvalue weighted by atomic mass is 10.0. The fourth-order valence-electron chi connectivity index (χ4n) is 3.46. The van der Waals surface area contributed by atoms with Crippen molar-refractivity contribution in [2.45, 2.75) is 90.5 Å². The lowest BCUT2D eigenvalue weighted by Gasteiger charge is -2.22. The van der Waals surface area contributed by atoms with Crippen LogP contribution in [0.2, 0.25) is 0 Å². The molecule has 2 aliphatic heterocycles. The average Bonchev–Trinajstić information content (AvgIpc) is 3.22. The van der Waals surface area contributed by atoms with Gasteiger partial charge in [-0.05, 0) is 67.2 Å². The zero-order valence-corrected chi connectivity index (χ0v) is 18.5. The fraction of sp³-hybridized carbons (Fsp3) is 0.636. The van der Waals surface area contributed by atoms with Gasteiger partial charge in [0.05, 0.1) is 0 Å². The first-order valence-corrected chi connectivity index (χ1v) is 10.1. The van der Waals surface area contributed by atoms with Gasteiger partial charge >= 0.3 is 11.9 Å². The molecule has 2 unspecified atom stereocenters. The van der Waals surface area contributed by atoms with Crippen molar-refractivity contribution in [1.82, 2.24) is 10.6 Å². The van der Waals surface area contributed by atoms with E-state index in [9.17, 15) is 20.1 Å². The Balaban J connectivity index is 2.11. The second kappa shape index (κ2) is 8.79. The monoisotopic (exact) mass is 414 g/mol. The largest absolute Gasteiger partial charge is 0.456 e. The van der Waals surface area contributed by atoms with Gasteiger partial charge in [0.25, 0.3) is 0 Å². The van der Waals surface area contributed by atoms with E-state index in [0.29, 0.717) is 24.2 Å². The minimum absolute atomic E-state index is 0.00680. The molecule has 2 heterocycles. The Kier molecular flexibility index (Phi) is 6.82. The number of carbonyl (C=O) groups is 2. The van der Waals surface area contributed by atoms with Crippen molar-refractivity contribution in [3.05, 3.63) is 22.5 Å². The quantitative estimate of drug-likeness (QED) is 0.410. The van der Waals surface area contributed by atoms with Crippen LogP contribution in [0.3, 0.4) is 0 Å². The third-order valence-corrected chi connectivity index (χ3v) is 4.65. The lowest BCUT2D eigenvalue weighted by molar-refractivity contribution is -0.150. The number of ether oxygens (including phenoxy) is 2. The molecule has 2 fully saturated rings. The van der Waals surface area contributed by atoms with Crippen LogP contribution >= 0.6 is 0 Å². The number of rotatable bonds is 3. The Morgan fingerprint density at radius 2 is 1.13 bits per heavy atom. The van der Waals surface area contributed by atoms with Crippen LogP contribution in [0.25, 0.3) is 0 Å². The van der Waals surface area contributed by atoms with Gasteiger partial charge in [-0.2, -0.15) is 10.5 Å². The first-order valence-electron chi connectivity index (χ1n) is 10.1. The van der Waals surface area contributed by atoms with E-state index in [0.717, 1.165) is 12.8 Å². The van der Waals surface area contributed by atoms with Crippen molar-refractivity contribution in [2.24, 2.45) is 0 Å². The van der Waals surface area contributed by atoms with Gasteiger partial charge in [-0.15, -0.1) is 0 Å². The van der Waals surface area contributed by atoms with Gasteiger partial charge in [-0.3, -0.25) is 0 Å². The summed E-state index contributed by atoms with van der Waals surface area (Å²) < 4.78 is 10.6. The van der Waals surface area contributed by atoms with E-state index in [4.69, 9.17) is 9.47 Å². The van der Waals surface area contributed by atoms with Crippen LogP contribution < -0.4 is 10.6 Å². The van der Waals surface area contributed by atoms with Gasteiger partial charge in [0, 0.05) is 23.5 Å². The Labute approximate surface area is 177 Å². The number of allylic oxidation sites excluding steroid dienone is 2. The minimum Gasteiger partial charge on any atom is -0.456 e. The molecule has 0 aromatic carbocycles. The zero-order valence-electron chi connectivity index (χ0n) is 18.5. The number of nitrogens with zero attached hydrogens (tertiary/aromatic N) is 2. The minimum atomic E-state index is -0.681. The molecule has 0 aromatic heterocycles. The van der Waals surface area contributed by atoms with Gasteiger partial charge in [-0.1, -0.05) is 0 Å². The Morgan fingerprint density at radius 3 is 1.40 bits per heavy atom. The Hall–Kier alpha value is -3.00. The number of esters is 2. The number of carbonyl (C=O) groups excluding carboxylic acids is 2. The number of nitriles is 2. The second-order valence-electron chi connectivity index (χ2n) is 9.51. The van der Waals surface area contributed by atoms with Crippen molar-refractivity contribution < 1.29 is 19.1 Å². The van der Waals surface area contributed by atoms with Crippen molar-refractivity contribution >= 4 is 11.9 Å². The van der Waals surface area contributed by atoms with Gasteiger partial charge in [0.1, 0.15) is 23.3 Å². The topological polar surface area (TPSA) is 124 Å². The summed E-state index contributed by atoms with van der Waals surface area (Å²) in [6, 6.07) is 3.87. The third-order valence-electron chi connectivity index (χ3n) is 4.65. The van der Waals surface area contributed by atoms with E-state index in [1.54, 1.807) is 41.5 Å². The van der Waals surface area contributed by atoms with Crippen molar-refractivity contribution in [3.8, 4) is 12.1 Å². The van der Waals surface area contributed by atoms with Crippen LogP contribution in [-0.4, -0.2) is 35.2 Å². The zero-order chi connectivity index (χ0) is 22.7. The summed E-state index contributed by atoms with van der Waals surface area (Å²) in [6.45, 7) is 10.5. The van der Waals surface area contributed by atoms with E-state index in [1.807, 2.05) is 12.1 Å². The van der Waals surface area contributed by atoms with Crippen LogP contribution in [0, 0.1) is 22.7 Å². The molecule has 2 N–H and O–H groups in total. The lowest BCUT2D eigenvalue weighted by Crippen LogP contribution is -2.41.